The molecule has 31 heavy (non-hydrogen) atoms. The molecule has 166 valence electrons. The lowest BCUT2D eigenvalue weighted by Crippen LogP contribution is -2.39. The maximum Gasteiger partial charge on any atom is 0.260 e. The molecular weight excluding hydrogens is 418 g/mol. The van der Waals surface area contributed by atoms with Crippen LogP contribution in [0.3, 0.4) is 0 Å². The number of benzene rings is 2. The Morgan fingerprint density at radius 3 is 2.48 bits per heavy atom. The molecule has 0 aliphatic rings. The van der Waals surface area contributed by atoms with Crippen LogP contribution >= 0.6 is 0 Å². The SMILES string of the molecule is C=CCOc1ccc(/C=N\NC(=O)CN(c2ccc(CC)cc2)S(C)(=O)=O)cc1OC. The van der Waals surface area contributed by atoms with Crippen molar-refractivity contribution >= 4 is 27.8 Å². The number of hydrazone groups is 1. The van der Waals surface area contributed by atoms with Crippen molar-refractivity contribution < 1.29 is 22.7 Å². The van der Waals surface area contributed by atoms with Gasteiger partial charge in [0.2, 0.25) is 10.0 Å². The fraction of sp³-hybridized carbons (Fsp3) is 0.273. The molecule has 0 aromatic heterocycles. The van der Waals surface area contributed by atoms with Crippen LogP contribution < -0.4 is 19.2 Å². The number of anilines is 1. The second-order valence-electron chi connectivity index (χ2n) is 6.59. The Hall–Kier alpha value is -3.33. The summed E-state index contributed by atoms with van der Waals surface area (Å²) in [6.45, 7) is 5.56. The third kappa shape index (κ3) is 7.14. The molecule has 2 rings (SSSR count). The summed E-state index contributed by atoms with van der Waals surface area (Å²) in [6, 6.07) is 12.2. The van der Waals surface area contributed by atoms with Crippen LogP contribution in [-0.4, -0.2) is 47.1 Å². The highest BCUT2D eigenvalue weighted by Gasteiger charge is 2.20. The first-order valence-corrected chi connectivity index (χ1v) is 11.4. The molecule has 0 bridgehead atoms. The number of hydrogen-bond acceptors (Lipinski definition) is 6. The Morgan fingerprint density at radius 1 is 1.19 bits per heavy atom. The first-order chi connectivity index (χ1) is 14.8. The summed E-state index contributed by atoms with van der Waals surface area (Å²) in [5.41, 5.74) is 4.50. The summed E-state index contributed by atoms with van der Waals surface area (Å²) in [5.74, 6) is 0.497. The highest BCUT2D eigenvalue weighted by atomic mass is 32.2. The van der Waals surface area contributed by atoms with Gasteiger partial charge in [-0.2, -0.15) is 5.10 Å². The van der Waals surface area contributed by atoms with Gasteiger partial charge in [-0.25, -0.2) is 13.8 Å². The maximum absolute atomic E-state index is 12.3. The highest BCUT2D eigenvalue weighted by Crippen LogP contribution is 2.27. The number of carbonyl (C=O) groups is 1. The summed E-state index contributed by atoms with van der Waals surface area (Å²) in [7, 11) is -2.13. The van der Waals surface area contributed by atoms with Gasteiger partial charge in [0, 0.05) is 0 Å². The smallest absolute Gasteiger partial charge is 0.260 e. The normalized spacial score (nSPS) is 11.2. The zero-order valence-electron chi connectivity index (χ0n) is 17.9. The van der Waals surface area contributed by atoms with E-state index in [0.29, 0.717) is 29.4 Å². The number of nitrogens with one attached hydrogen (secondary N) is 1. The first-order valence-electron chi connectivity index (χ1n) is 9.58. The number of nitrogens with zero attached hydrogens (tertiary/aromatic N) is 2. The molecular formula is C22H27N3O5S. The van der Waals surface area contributed by atoms with Gasteiger partial charge in [0.25, 0.3) is 5.91 Å². The topological polar surface area (TPSA) is 97.3 Å². The van der Waals surface area contributed by atoms with Crippen LogP contribution in [0.4, 0.5) is 5.69 Å². The van der Waals surface area contributed by atoms with E-state index in [0.717, 1.165) is 22.5 Å². The van der Waals surface area contributed by atoms with Crippen LogP contribution in [0.25, 0.3) is 0 Å². The molecule has 0 aliphatic heterocycles. The van der Waals surface area contributed by atoms with E-state index in [1.54, 1.807) is 36.4 Å². The number of amides is 1. The number of sulfonamides is 1. The Balaban J connectivity index is 2.06. The minimum Gasteiger partial charge on any atom is -0.493 e. The summed E-state index contributed by atoms with van der Waals surface area (Å²) in [6.07, 6.45) is 4.95. The summed E-state index contributed by atoms with van der Waals surface area (Å²) < 4.78 is 36.1. The monoisotopic (exact) mass is 445 g/mol. The summed E-state index contributed by atoms with van der Waals surface area (Å²) in [5, 5.41) is 3.91. The van der Waals surface area contributed by atoms with Crippen molar-refractivity contribution in [2.24, 2.45) is 5.10 Å². The molecule has 9 heteroatoms. The standard InChI is InChI=1S/C22H27N3O5S/c1-5-13-30-20-12-9-18(14-21(20)29-3)15-23-24-22(26)16-25(31(4,27)28)19-10-7-17(6-2)8-11-19/h5,7-12,14-15H,1,6,13,16H2,2-4H3,(H,24,26)/b23-15-. The molecule has 0 heterocycles. The molecule has 0 aliphatic carbocycles. The zero-order valence-corrected chi connectivity index (χ0v) is 18.7. The van der Waals surface area contributed by atoms with Crippen LogP contribution in [0.5, 0.6) is 11.5 Å². The van der Waals surface area contributed by atoms with E-state index in [9.17, 15) is 13.2 Å². The third-order valence-corrected chi connectivity index (χ3v) is 5.41. The van der Waals surface area contributed by atoms with E-state index >= 15 is 0 Å². The number of aryl methyl sites for hydroxylation is 1. The van der Waals surface area contributed by atoms with Crippen LogP contribution in [-0.2, 0) is 21.2 Å². The van der Waals surface area contributed by atoms with Gasteiger partial charge in [0.1, 0.15) is 13.2 Å². The fourth-order valence-corrected chi connectivity index (χ4v) is 3.53. The van der Waals surface area contributed by atoms with E-state index in [2.05, 4.69) is 17.1 Å². The maximum atomic E-state index is 12.3. The first kappa shape index (κ1) is 23.9. The van der Waals surface area contributed by atoms with Crippen LogP contribution in [0.15, 0.2) is 60.2 Å². The van der Waals surface area contributed by atoms with Crippen molar-refractivity contribution in [3.63, 3.8) is 0 Å². The average molecular weight is 446 g/mol. The Bertz CT molecular complexity index is 1030. The molecule has 0 fully saturated rings. The zero-order chi connectivity index (χ0) is 22.9. The predicted molar refractivity (Wildman–Crippen MR) is 122 cm³/mol. The van der Waals surface area contributed by atoms with Gasteiger partial charge < -0.3 is 9.47 Å². The van der Waals surface area contributed by atoms with E-state index in [1.807, 2.05) is 19.1 Å². The summed E-state index contributed by atoms with van der Waals surface area (Å²) >= 11 is 0. The van der Waals surface area contributed by atoms with E-state index < -0.39 is 15.9 Å². The molecule has 0 spiro atoms. The van der Waals surface area contributed by atoms with Gasteiger partial charge in [0.15, 0.2) is 11.5 Å². The predicted octanol–water partition coefficient (Wildman–Crippen LogP) is 2.74. The van der Waals surface area contributed by atoms with Crippen molar-refractivity contribution in [3.05, 3.63) is 66.2 Å². The lowest BCUT2D eigenvalue weighted by Gasteiger charge is -2.21. The molecule has 0 atom stereocenters. The van der Waals surface area contributed by atoms with E-state index in [-0.39, 0.29) is 6.54 Å². The minimum absolute atomic E-state index is 0.345. The van der Waals surface area contributed by atoms with Gasteiger partial charge in [-0.15, -0.1) is 0 Å². The Kier molecular flexibility index (Phi) is 8.63. The molecule has 2 aromatic carbocycles. The third-order valence-electron chi connectivity index (χ3n) is 4.27. The number of ether oxygens (including phenoxy) is 2. The van der Waals surface area contributed by atoms with Crippen molar-refractivity contribution in [2.45, 2.75) is 13.3 Å². The molecule has 2 aromatic rings. The minimum atomic E-state index is -3.65. The highest BCUT2D eigenvalue weighted by molar-refractivity contribution is 7.92. The molecule has 0 radical (unpaired) electrons. The molecule has 0 saturated carbocycles. The van der Waals surface area contributed by atoms with Crippen molar-refractivity contribution in [3.8, 4) is 11.5 Å². The number of rotatable bonds is 11. The molecule has 0 saturated heterocycles. The van der Waals surface area contributed by atoms with Crippen LogP contribution in [0.1, 0.15) is 18.1 Å². The van der Waals surface area contributed by atoms with Gasteiger partial charge in [-0.05, 0) is 47.9 Å². The quantitative estimate of drug-likeness (QED) is 0.326. The number of hydrogen-bond donors (Lipinski definition) is 1. The molecule has 0 unspecified atom stereocenters. The fourth-order valence-electron chi connectivity index (χ4n) is 2.67. The van der Waals surface area contributed by atoms with Gasteiger partial charge in [0.05, 0.1) is 25.3 Å². The average Bonchev–Trinajstić information content (AvgIpc) is 2.75. The number of carbonyl (C=O) groups excluding carboxylic acids is 1. The molecule has 8 nitrogen and oxygen atoms in total. The van der Waals surface area contributed by atoms with Crippen LogP contribution in [0, 0.1) is 0 Å². The molecule has 1 amide bonds. The summed E-state index contributed by atoms with van der Waals surface area (Å²) in [4.78, 5) is 12.3. The Labute approximate surface area is 183 Å². The Morgan fingerprint density at radius 2 is 1.90 bits per heavy atom. The van der Waals surface area contributed by atoms with Gasteiger partial charge in [-0.1, -0.05) is 31.7 Å². The van der Waals surface area contributed by atoms with E-state index in [1.165, 1.54) is 13.3 Å². The van der Waals surface area contributed by atoms with E-state index in [4.69, 9.17) is 9.47 Å². The second kappa shape index (κ2) is 11.2. The van der Waals surface area contributed by atoms with Crippen LogP contribution in [0.2, 0.25) is 0 Å². The van der Waals surface area contributed by atoms with Crippen molar-refractivity contribution in [2.75, 3.05) is 30.8 Å². The largest absolute Gasteiger partial charge is 0.493 e. The van der Waals surface area contributed by atoms with Gasteiger partial charge >= 0.3 is 0 Å². The number of methoxy groups -OCH3 is 1. The molecule has 1 N–H and O–H groups in total. The lowest BCUT2D eigenvalue weighted by molar-refractivity contribution is -0.119. The van der Waals surface area contributed by atoms with Crippen molar-refractivity contribution in [1.82, 2.24) is 5.43 Å². The second-order valence-corrected chi connectivity index (χ2v) is 8.50. The van der Waals surface area contributed by atoms with Crippen molar-refractivity contribution in [1.29, 1.82) is 0 Å². The lowest BCUT2D eigenvalue weighted by atomic mass is 10.1. The van der Waals surface area contributed by atoms with Gasteiger partial charge in [-0.3, -0.25) is 9.10 Å².